The number of amides is 2. The number of furan rings is 1. The van der Waals surface area contributed by atoms with Gasteiger partial charge in [0.25, 0.3) is 5.91 Å². The van der Waals surface area contributed by atoms with Crippen LogP contribution in [0.4, 0.5) is 0 Å². The van der Waals surface area contributed by atoms with E-state index in [4.69, 9.17) is 4.42 Å². The fourth-order valence-corrected chi connectivity index (χ4v) is 1.99. The van der Waals surface area contributed by atoms with Crippen LogP contribution in [0.25, 0.3) is 11.3 Å². The molecule has 116 valence electrons. The lowest BCUT2D eigenvalue weighted by molar-refractivity contribution is 0.0828. The molecule has 0 saturated carbocycles. The van der Waals surface area contributed by atoms with Crippen molar-refractivity contribution in [3.63, 3.8) is 0 Å². The highest BCUT2D eigenvalue weighted by molar-refractivity contribution is 5.97. The van der Waals surface area contributed by atoms with Crippen molar-refractivity contribution in [2.24, 2.45) is 0 Å². The van der Waals surface area contributed by atoms with E-state index in [1.165, 1.54) is 6.07 Å². The van der Waals surface area contributed by atoms with Crippen molar-refractivity contribution < 1.29 is 14.0 Å². The third-order valence-corrected chi connectivity index (χ3v) is 3.15. The molecule has 3 aromatic rings. The standard InChI is InChI=1S/C16H14N4O3/c1-10-7-8-14(23-10)16(22)20-19-15(21)13-9-12(17-18-13)11-5-3-2-4-6-11/h2-9H,1H3,(H,17,18)(H,19,21)(H,20,22). The summed E-state index contributed by atoms with van der Waals surface area (Å²) in [5, 5.41) is 6.71. The molecule has 0 fully saturated rings. The van der Waals surface area contributed by atoms with Gasteiger partial charge in [-0.3, -0.25) is 25.5 Å². The van der Waals surface area contributed by atoms with E-state index in [0.717, 1.165) is 5.56 Å². The molecule has 0 aliphatic rings. The molecule has 0 unspecified atom stereocenters. The molecule has 0 aliphatic carbocycles. The number of hydrogen-bond donors (Lipinski definition) is 3. The summed E-state index contributed by atoms with van der Waals surface area (Å²) in [5.74, 6) is -0.300. The van der Waals surface area contributed by atoms with Gasteiger partial charge in [0.1, 0.15) is 11.5 Å². The molecule has 0 radical (unpaired) electrons. The number of H-pyrrole nitrogens is 1. The van der Waals surface area contributed by atoms with Gasteiger partial charge in [0.05, 0.1) is 5.69 Å². The number of aromatic amines is 1. The smallest absolute Gasteiger partial charge is 0.305 e. The summed E-state index contributed by atoms with van der Waals surface area (Å²) >= 11 is 0. The average molecular weight is 310 g/mol. The van der Waals surface area contributed by atoms with Gasteiger partial charge in [-0.25, -0.2) is 0 Å². The van der Waals surface area contributed by atoms with Crippen LogP contribution in [0.1, 0.15) is 26.8 Å². The molecule has 2 heterocycles. The summed E-state index contributed by atoms with van der Waals surface area (Å²) in [5.41, 5.74) is 6.35. The predicted molar refractivity (Wildman–Crippen MR) is 82.4 cm³/mol. The van der Waals surface area contributed by atoms with Crippen LogP contribution in [0.15, 0.2) is 52.9 Å². The van der Waals surface area contributed by atoms with Crippen molar-refractivity contribution >= 4 is 11.8 Å². The first kappa shape index (κ1) is 14.6. The molecule has 23 heavy (non-hydrogen) atoms. The Bertz CT molecular complexity index is 836. The zero-order valence-corrected chi connectivity index (χ0v) is 12.3. The first-order chi connectivity index (χ1) is 11.1. The first-order valence-electron chi connectivity index (χ1n) is 6.91. The van der Waals surface area contributed by atoms with E-state index < -0.39 is 11.8 Å². The maximum Gasteiger partial charge on any atom is 0.305 e. The van der Waals surface area contributed by atoms with Crippen molar-refractivity contribution in [1.29, 1.82) is 0 Å². The van der Waals surface area contributed by atoms with Crippen molar-refractivity contribution in [3.8, 4) is 11.3 Å². The highest BCUT2D eigenvalue weighted by Crippen LogP contribution is 2.16. The van der Waals surface area contributed by atoms with Crippen LogP contribution in [0.5, 0.6) is 0 Å². The van der Waals surface area contributed by atoms with Crippen molar-refractivity contribution in [2.45, 2.75) is 6.92 Å². The third kappa shape index (κ3) is 3.29. The molecule has 7 heteroatoms. The molecule has 3 rings (SSSR count). The lowest BCUT2D eigenvalue weighted by atomic mass is 10.1. The van der Waals surface area contributed by atoms with E-state index in [2.05, 4.69) is 21.0 Å². The van der Waals surface area contributed by atoms with Crippen LogP contribution in [-0.2, 0) is 0 Å². The van der Waals surface area contributed by atoms with Gasteiger partial charge in [0.15, 0.2) is 5.76 Å². The lowest BCUT2D eigenvalue weighted by Gasteiger charge is -2.03. The molecule has 2 aromatic heterocycles. The van der Waals surface area contributed by atoms with E-state index in [1.807, 2.05) is 30.3 Å². The summed E-state index contributed by atoms with van der Waals surface area (Å²) in [7, 11) is 0. The number of hydrazine groups is 1. The number of hydrogen-bond acceptors (Lipinski definition) is 4. The largest absolute Gasteiger partial charge is 0.456 e. The zero-order chi connectivity index (χ0) is 16.2. The van der Waals surface area contributed by atoms with Gasteiger partial charge in [-0.15, -0.1) is 0 Å². The number of aromatic nitrogens is 2. The van der Waals surface area contributed by atoms with Crippen LogP contribution in [0.3, 0.4) is 0 Å². The fraction of sp³-hybridized carbons (Fsp3) is 0.0625. The Labute approximate surface area is 131 Å². The SMILES string of the molecule is Cc1ccc(C(=O)NNC(=O)c2cc(-c3ccccc3)n[nH]2)o1. The van der Waals surface area contributed by atoms with Gasteiger partial charge >= 0.3 is 5.91 Å². The number of rotatable bonds is 3. The Hall–Kier alpha value is -3.35. The van der Waals surface area contributed by atoms with Gasteiger partial charge in [0, 0.05) is 5.56 Å². The summed E-state index contributed by atoms with van der Waals surface area (Å²) < 4.78 is 5.16. The van der Waals surface area contributed by atoms with Gasteiger partial charge in [-0.1, -0.05) is 30.3 Å². The molecular formula is C16H14N4O3. The minimum atomic E-state index is -0.533. The number of aryl methyl sites for hydroxylation is 1. The van der Waals surface area contributed by atoms with Crippen LogP contribution in [0.2, 0.25) is 0 Å². The monoisotopic (exact) mass is 310 g/mol. The van der Waals surface area contributed by atoms with Gasteiger partial charge in [0.2, 0.25) is 0 Å². The quantitative estimate of drug-likeness (QED) is 0.645. The predicted octanol–water partition coefficient (Wildman–Crippen LogP) is 2.05. The highest BCUT2D eigenvalue weighted by Gasteiger charge is 2.14. The van der Waals surface area contributed by atoms with Crippen LogP contribution in [-0.4, -0.2) is 22.0 Å². The Morgan fingerprint density at radius 2 is 1.78 bits per heavy atom. The van der Waals surface area contributed by atoms with Crippen molar-refractivity contribution in [2.75, 3.05) is 0 Å². The van der Waals surface area contributed by atoms with Gasteiger partial charge in [-0.05, 0) is 25.1 Å². The third-order valence-electron chi connectivity index (χ3n) is 3.15. The second-order valence-electron chi connectivity index (χ2n) is 4.85. The molecule has 0 spiro atoms. The molecule has 0 bridgehead atoms. The number of carbonyl (C=O) groups excluding carboxylic acids is 2. The van der Waals surface area contributed by atoms with Crippen molar-refractivity contribution in [1.82, 2.24) is 21.0 Å². The normalized spacial score (nSPS) is 10.3. The minimum Gasteiger partial charge on any atom is -0.456 e. The van der Waals surface area contributed by atoms with Crippen LogP contribution < -0.4 is 10.9 Å². The summed E-state index contributed by atoms with van der Waals surface area (Å²) in [4.78, 5) is 23.8. The minimum absolute atomic E-state index is 0.123. The Morgan fingerprint density at radius 1 is 1.04 bits per heavy atom. The Kier molecular flexibility index (Phi) is 3.92. The molecule has 0 saturated heterocycles. The maximum absolute atomic E-state index is 12.0. The second kappa shape index (κ2) is 6.18. The van der Waals surface area contributed by atoms with Crippen molar-refractivity contribution in [3.05, 3.63) is 65.7 Å². The average Bonchev–Trinajstić information content (AvgIpc) is 3.22. The highest BCUT2D eigenvalue weighted by atomic mass is 16.3. The fourth-order valence-electron chi connectivity index (χ4n) is 1.99. The van der Waals surface area contributed by atoms with E-state index in [-0.39, 0.29) is 11.5 Å². The topological polar surface area (TPSA) is 100 Å². The summed E-state index contributed by atoms with van der Waals surface area (Å²) in [6, 6.07) is 14.2. The summed E-state index contributed by atoms with van der Waals surface area (Å²) in [6.45, 7) is 1.73. The van der Waals surface area contributed by atoms with E-state index in [9.17, 15) is 9.59 Å². The van der Waals surface area contributed by atoms with Crippen LogP contribution in [0, 0.1) is 6.92 Å². The second-order valence-corrected chi connectivity index (χ2v) is 4.85. The molecule has 7 nitrogen and oxygen atoms in total. The zero-order valence-electron chi connectivity index (χ0n) is 12.3. The number of nitrogens with zero attached hydrogens (tertiary/aromatic N) is 1. The number of benzene rings is 1. The Balaban J connectivity index is 1.63. The van der Waals surface area contributed by atoms with Gasteiger partial charge < -0.3 is 4.42 Å². The van der Waals surface area contributed by atoms with E-state index in [0.29, 0.717) is 11.5 Å². The van der Waals surface area contributed by atoms with Gasteiger partial charge in [-0.2, -0.15) is 5.10 Å². The molecule has 2 amide bonds. The molecule has 1 aromatic carbocycles. The van der Waals surface area contributed by atoms with E-state index in [1.54, 1.807) is 19.1 Å². The first-order valence-corrected chi connectivity index (χ1v) is 6.91. The lowest BCUT2D eigenvalue weighted by Crippen LogP contribution is -2.41. The maximum atomic E-state index is 12.0. The van der Waals surface area contributed by atoms with Crippen LogP contribution >= 0.6 is 0 Å². The molecule has 3 N–H and O–H groups in total. The van der Waals surface area contributed by atoms with E-state index >= 15 is 0 Å². The summed E-state index contributed by atoms with van der Waals surface area (Å²) in [6.07, 6.45) is 0. The number of carbonyl (C=O) groups is 2. The molecular weight excluding hydrogens is 296 g/mol. The Morgan fingerprint density at radius 3 is 2.48 bits per heavy atom. The number of nitrogens with one attached hydrogen (secondary N) is 3. The molecule has 0 atom stereocenters. The molecule has 0 aliphatic heterocycles.